The molecule has 22 heavy (non-hydrogen) atoms. The smallest absolute Gasteiger partial charge is 0.330 e. The Bertz CT molecular complexity index is 669. The highest BCUT2D eigenvalue weighted by Crippen LogP contribution is 2.14. The maximum atomic E-state index is 13.1. The molecule has 6 heteroatoms. The zero-order valence-electron chi connectivity index (χ0n) is 11.4. The Hall–Kier alpha value is -2.76. The Labute approximate surface area is 125 Å². The second-order valence-electron chi connectivity index (χ2n) is 4.70. The van der Waals surface area contributed by atoms with E-state index in [9.17, 15) is 23.5 Å². The molecule has 0 fully saturated rings. The number of carboxylic acid groups (broad SMARTS) is 1. The van der Waals surface area contributed by atoms with Crippen LogP contribution in [-0.4, -0.2) is 17.0 Å². The summed E-state index contributed by atoms with van der Waals surface area (Å²) >= 11 is 0. The van der Waals surface area contributed by atoms with E-state index >= 15 is 0 Å². The standard InChI is InChI=1S/C16H13F2NO3/c17-12-6-10(7-13(18)9-12)8-14(20)19-15(16(21)22)11-4-2-1-3-5-11/h1-7,9,15H,8H2,(H,19,20)(H,21,22). The Kier molecular flexibility index (Phi) is 4.83. The molecule has 0 spiro atoms. The molecule has 0 saturated heterocycles. The second-order valence-corrected chi connectivity index (χ2v) is 4.70. The van der Waals surface area contributed by atoms with Crippen LogP contribution in [0.4, 0.5) is 8.78 Å². The molecule has 0 aliphatic carbocycles. The SMILES string of the molecule is O=C(Cc1cc(F)cc(F)c1)NC(C(=O)O)c1ccccc1. The fourth-order valence-corrected chi connectivity index (χ4v) is 2.04. The van der Waals surface area contributed by atoms with Gasteiger partial charge in [0.05, 0.1) is 6.42 Å². The summed E-state index contributed by atoms with van der Waals surface area (Å²) < 4.78 is 26.1. The highest BCUT2D eigenvalue weighted by atomic mass is 19.1. The molecule has 0 saturated carbocycles. The van der Waals surface area contributed by atoms with Crippen LogP contribution >= 0.6 is 0 Å². The minimum atomic E-state index is -1.22. The van der Waals surface area contributed by atoms with E-state index in [0.29, 0.717) is 11.6 Å². The van der Waals surface area contributed by atoms with E-state index in [1.807, 2.05) is 0 Å². The molecule has 1 amide bonds. The Morgan fingerprint density at radius 1 is 1.05 bits per heavy atom. The van der Waals surface area contributed by atoms with Gasteiger partial charge in [-0.25, -0.2) is 13.6 Å². The molecule has 114 valence electrons. The average Bonchev–Trinajstić information content (AvgIpc) is 2.44. The summed E-state index contributed by atoms with van der Waals surface area (Å²) in [6.45, 7) is 0. The first kappa shape index (κ1) is 15.6. The monoisotopic (exact) mass is 305 g/mol. The topological polar surface area (TPSA) is 66.4 Å². The van der Waals surface area contributed by atoms with Gasteiger partial charge in [0.15, 0.2) is 6.04 Å². The summed E-state index contributed by atoms with van der Waals surface area (Å²) in [5.74, 6) is -3.44. The average molecular weight is 305 g/mol. The number of hydrogen-bond acceptors (Lipinski definition) is 2. The lowest BCUT2D eigenvalue weighted by Crippen LogP contribution is -2.34. The van der Waals surface area contributed by atoms with Gasteiger partial charge in [-0.2, -0.15) is 0 Å². The van der Waals surface area contributed by atoms with Crippen molar-refractivity contribution in [3.05, 3.63) is 71.3 Å². The largest absolute Gasteiger partial charge is 0.479 e. The molecule has 0 radical (unpaired) electrons. The van der Waals surface area contributed by atoms with Crippen molar-refractivity contribution in [3.63, 3.8) is 0 Å². The van der Waals surface area contributed by atoms with Crippen molar-refractivity contribution in [2.24, 2.45) is 0 Å². The van der Waals surface area contributed by atoms with E-state index in [1.54, 1.807) is 30.3 Å². The Morgan fingerprint density at radius 3 is 2.18 bits per heavy atom. The third-order valence-corrected chi connectivity index (χ3v) is 2.97. The van der Waals surface area contributed by atoms with Gasteiger partial charge in [-0.3, -0.25) is 4.79 Å². The van der Waals surface area contributed by atoms with Gasteiger partial charge in [0, 0.05) is 6.07 Å². The number of hydrogen-bond donors (Lipinski definition) is 2. The van der Waals surface area contributed by atoms with Crippen LogP contribution < -0.4 is 5.32 Å². The first-order chi connectivity index (χ1) is 10.5. The molecular weight excluding hydrogens is 292 g/mol. The van der Waals surface area contributed by atoms with Crippen molar-refractivity contribution in [1.82, 2.24) is 5.32 Å². The second kappa shape index (κ2) is 6.80. The molecule has 0 aliphatic heterocycles. The first-order valence-electron chi connectivity index (χ1n) is 6.48. The maximum absolute atomic E-state index is 13.1. The van der Waals surface area contributed by atoms with E-state index < -0.39 is 29.6 Å². The van der Waals surface area contributed by atoms with Crippen LogP contribution in [0, 0.1) is 11.6 Å². The molecule has 2 N–H and O–H groups in total. The molecular formula is C16H13F2NO3. The first-order valence-corrected chi connectivity index (χ1v) is 6.48. The molecule has 2 rings (SSSR count). The van der Waals surface area contributed by atoms with Crippen molar-refractivity contribution < 1.29 is 23.5 Å². The van der Waals surface area contributed by atoms with Gasteiger partial charge in [-0.05, 0) is 23.3 Å². The van der Waals surface area contributed by atoms with Crippen molar-refractivity contribution in [2.75, 3.05) is 0 Å². The predicted molar refractivity (Wildman–Crippen MR) is 75.0 cm³/mol. The van der Waals surface area contributed by atoms with E-state index in [1.165, 1.54) is 0 Å². The normalized spacial score (nSPS) is 11.7. The number of aliphatic carboxylic acids is 1. The molecule has 1 unspecified atom stereocenters. The summed E-state index contributed by atoms with van der Waals surface area (Å²) in [4.78, 5) is 23.2. The van der Waals surface area contributed by atoms with Crippen molar-refractivity contribution >= 4 is 11.9 Å². The highest BCUT2D eigenvalue weighted by molar-refractivity contribution is 5.85. The number of carboxylic acids is 1. The van der Waals surface area contributed by atoms with Crippen molar-refractivity contribution in [3.8, 4) is 0 Å². The lowest BCUT2D eigenvalue weighted by atomic mass is 10.1. The summed E-state index contributed by atoms with van der Waals surface area (Å²) in [5.41, 5.74) is 0.543. The summed E-state index contributed by atoms with van der Waals surface area (Å²) in [7, 11) is 0. The fourth-order valence-electron chi connectivity index (χ4n) is 2.04. The zero-order chi connectivity index (χ0) is 16.1. The van der Waals surface area contributed by atoms with E-state index in [4.69, 9.17) is 0 Å². The van der Waals surface area contributed by atoms with Gasteiger partial charge in [-0.1, -0.05) is 30.3 Å². The number of nitrogens with one attached hydrogen (secondary N) is 1. The van der Waals surface area contributed by atoms with Gasteiger partial charge in [-0.15, -0.1) is 0 Å². The number of halogens is 2. The molecule has 0 heterocycles. The van der Waals surface area contributed by atoms with Gasteiger partial charge < -0.3 is 10.4 Å². The van der Waals surface area contributed by atoms with Crippen molar-refractivity contribution in [2.45, 2.75) is 12.5 Å². The molecule has 0 aliphatic rings. The molecule has 0 aromatic heterocycles. The van der Waals surface area contributed by atoms with Gasteiger partial charge in [0.2, 0.25) is 5.91 Å². The summed E-state index contributed by atoms with van der Waals surface area (Å²) in [6, 6.07) is 9.71. The van der Waals surface area contributed by atoms with Crippen LogP contribution in [0.3, 0.4) is 0 Å². The minimum absolute atomic E-state index is 0.132. The Morgan fingerprint density at radius 2 is 1.64 bits per heavy atom. The van der Waals surface area contributed by atoms with Crippen molar-refractivity contribution in [1.29, 1.82) is 0 Å². The van der Waals surface area contributed by atoms with Crippen LogP contribution in [-0.2, 0) is 16.0 Å². The maximum Gasteiger partial charge on any atom is 0.330 e. The minimum Gasteiger partial charge on any atom is -0.479 e. The highest BCUT2D eigenvalue weighted by Gasteiger charge is 2.21. The van der Waals surface area contributed by atoms with Crippen LogP contribution in [0.15, 0.2) is 48.5 Å². The zero-order valence-corrected chi connectivity index (χ0v) is 11.4. The molecule has 0 bridgehead atoms. The Balaban J connectivity index is 2.10. The number of rotatable bonds is 5. The molecule has 2 aromatic carbocycles. The summed E-state index contributed by atoms with van der Waals surface area (Å²) in [6.07, 6.45) is -0.314. The lowest BCUT2D eigenvalue weighted by Gasteiger charge is -2.15. The van der Waals surface area contributed by atoms with Gasteiger partial charge in [0.1, 0.15) is 11.6 Å². The number of benzene rings is 2. The van der Waals surface area contributed by atoms with Crippen LogP contribution in [0.1, 0.15) is 17.2 Å². The van der Waals surface area contributed by atoms with E-state index in [2.05, 4.69) is 5.32 Å². The molecule has 1 atom stereocenters. The summed E-state index contributed by atoms with van der Waals surface area (Å²) in [5, 5.41) is 11.5. The number of amides is 1. The third kappa shape index (κ3) is 4.12. The van der Waals surface area contributed by atoms with Crippen LogP contribution in [0.2, 0.25) is 0 Å². The molecule has 4 nitrogen and oxygen atoms in total. The fraction of sp³-hybridized carbons (Fsp3) is 0.125. The van der Waals surface area contributed by atoms with E-state index in [0.717, 1.165) is 12.1 Å². The van der Waals surface area contributed by atoms with Gasteiger partial charge >= 0.3 is 5.97 Å². The lowest BCUT2D eigenvalue weighted by molar-refractivity contribution is -0.141. The quantitative estimate of drug-likeness (QED) is 0.891. The van der Waals surface area contributed by atoms with E-state index in [-0.39, 0.29) is 12.0 Å². The van der Waals surface area contributed by atoms with Crippen LogP contribution in [0.5, 0.6) is 0 Å². The predicted octanol–water partition coefficient (Wildman–Crippen LogP) is 2.45. The van der Waals surface area contributed by atoms with Gasteiger partial charge in [0.25, 0.3) is 0 Å². The number of carbonyl (C=O) groups excluding carboxylic acids is 1. The molecule has 2 aromatic rings. The van der Waals surface area contributed by atoms with Crippen LogP contribution in [0.25, 0.3) is 0 Å². The third-order valence-electron chi connectivity index (χ3n) is 2.97. The number of carbonyl (C=O) groups is 2.